The van der Waals surface area contributed by atoms with Gasteiger partial charge in [-0.1, -0.05) is 43.8 Å². The minimum absolute atomic E-state index is 0.0283. The first-order valence-electron chi connectivity index (χ1n) is 10.2. The molecule has 1 aromatic heterocycles. The average molecular weight is 418 g/mol. The SMILES string of the molecule is Cc1cccc(C)c1NC(=O)[C@H](C)Sc1nnc(N2CCOCC2)n1CC(C)C. The van der Waals surface area contributed by atoms with Gasteiger partial charge in [-0.2, -0.15) is 0 Å². The van der Waals surface area contributed by atoms with Crippen LogP contribution in [0.5, 0.6) is 0 Å². The molecule has 1 saturated heterocycles. The van der Waals surface area contributed by atoms with Crippen LogP contribution in [0.15, 0.2) is 23.4 Å². The number of nitrogens with zero attached hydrogens (tertiary/aromatic N) is 4. The third kappa shape index (κ3) is 5.30. The molecule has 8 heteroatoms. The zero-order valence-corrected chi connectivity index (χ0v) is 18.8. The maximum Gasteiger partial charge on any atom is 0.237 e. The summed E-state index contributed by atoms with van der Waals surface area (Å²) >= 11 is 1.46. The molecule has 1 fully saturated rings. The lowest BCUT2D eigenvalue weighted by Crippen LogP contribution is -2.38. The molecule has 29 heavy (non-hydrogen) atoms. The predicted octanol–water partition coefficient (Wildman–Crippen LogP) is 3.51. The summed E-state index contributed by atoms with van der Waals surface area (Å²) in [6, 6.07) is 6.02. The summed E-state index contributed by atoms with van der Waals surface area (Å²) in [5.41, 5.74) is 3.02. The van der Waals surface area contributed by atoms with Crippen molar-refractivity contribution in [3.8, 4) is 0 Å². The fourth-order valence-electron chi connectivity index (χ4n) is 3.34. The molecule has 1 atom stereocenters. The molecule has 1 aliphatic heterocycles. The Labute approximate surface area is 177 Å². The van der Waals surface area contributed by atoms with Crippen LogP contribution in [0.1, 0.15) is 31.9 Å². The number of para-hydroxylation sites is 1. The smallest absolute Gasteiger partial charge is 0.237 e. The van der Waals surface area contributed by atoms with E-state index in [2.05, 4.69) is 38.8 Å². The summed E-state index contributed by atoms with van der Waals surface area (Å²) in [5, 5.41) is 12.4. The van der Waals surface area contributed by atoms with E-state index in [0.717, 1.165) is 47.6 Å². The highest BCUT2D eigenvalue weighted by molar-refractivity contribution is 8.00. The highest BCUT2D eigenvalue weighted by atomic mass is 32.2. The van der Waals surface area contributed by atoms with Crippen LogP contribution in [0.2, 0.25) is 0 Å². The molecule has 1 N–H and O–H groups in total. The van der Waals surface area contributed by atoms with Crippen molar-refractivity contribution in [1.29, 1.82) is 0 Å². The molecule has 0 spiro atoms. The molecular weight excluding hydrogens is 386 g/mol. The van der Waals surface area contributed by atoms with E-state index in [1.165, 1.54) is 11.8 Å². The van der Waals surface area contributed by atoms with Crippen molar-refractivity contribution < 1.29 is 9.53 Å². The number of benzene rings is 1. The van der Waals surface area contributed by atoms with Crippen molar-refractivity contribution in [2.24, 2.45) is 5.92 Å². The molecule has 1 aromatic carbocycles. The molecule has 7 nitrogen and oxygen atoms in total. The molecule has 3 rings (SSSR count). The van der Waals surface area contributed by atoms with Gasteiger partial charge in [0.15, 0.2) is 5.16 Å². The number of aryl methyl sites for hydroxylation is 2. The molecule has 0 unspecified atom stereocenters. The first-order valence-corrected chi connectivity index (χ1v) is 11.0. The van der Waals surface area contributed by atoms with Crippen LogP contribution in [-0.2, 0) is 16.1 Å². The zero-order valence-electron chi connectivity index (χ0n) is 17.9. The van der Waals surface area contributed by atoms with Gasteiger partial charge >= 0.3 is 0 Å². The minimum atomic E-state index is -0.290. The summed E-state index contributed by atoms with van der Waals surface area (Å²) in [7, 11) is 0. The Morgan fingerprint density at radius 3 is 2.45 bits per heavy atom. The van der Waals surface area contributed by atoms with Crippen molar-refractivity contribution in [2.45, 2.75) is 51.6 Å². The number of anilines is 2. The number of morpholine rings is 1. The Hall–Kier alpha value is -2.06. The van der Waals surface area contributed by atoms with Gasteiger partial charge < -0.3 is 15.0 Å². The lowest BCUT2D eigenvalue weighted by Gasteiger charge is -2.28. The van der Waals surface area contributed by atoms with Crippen molar-refractivity contribution >= 4 is 29.3 Å². The second-order valence-electron chi connectivity index (χ2n) is 7.90. The predicted molar refractivity (Wildman–Crippen MR) is 118 cm³/mol. The maximum absolute atomic E-state index is 12.8. The Kier molecular flexibility index (Phi) is 7.18. The Morgan fingerprint density at radius 2 is 1.83 bits per heavy atom. The van der Waals surface area contributed by atoms with E-state index in [9.17, 15) is 4.79 Å². The first kappa shape index (κ1) is 21.6. The number of hydrogen-bond acceptors (Lipinski definition) is 6. The minimum Gasteiger partial charge on any atom is -0.378 e. The van der Waals surface area contributed by atoms with Crippen LogP contribution in [0, 0.1) is 19.8 Å². The summed E-state index contributed by atoms with van der Waals surface area (Å²) in [4.78, 5) is 15.1. The van der Waals surface area contributed by atoms with Crippen LogP contribution in [0.4, 0.5) is 11.6 Å². The molecular formula is C21H31N5O2S. The van der Waals surface area contributed by atoms with E-state index in [1.807, 2.05) is 39.0 Å². The fraction of sp³-hybridized carbons (Fsp3) is 0.571. The molecule has 0 bridgehead atoms. The number of amides is 1. The molecule has 0 saturated carbocycles. The van der Waals surface area contributed by atoms with Gasteiger partial charge in [0, 0.05) is 25.3 Å². The Bertz CT molecular complexity index is 825. The van der Waals surface area contributed by atoms with Gasteiger partial charge in [0.2, 0.25) is 11.9 Å². The molecule has 1 aliphatic rings. The number of rotatable bonds is 7. The van der Waals surface area contributed by atoms with Crippen LogP contribution in [-0.4, -0.2) is 52.2 Å². The third-order valence-corrected chi connectivity index (χ3v) is 6.00. The van der Waals surface area contributed by atoms with Gasteiger partial charge in [0.25, 0.3) is 0 Å². The topological polar surface area (TPSA) is 72.3 Å². The largest absolute Gasteiger partial charge is 0.378 e. The third-order valence-electron chi connectivity index (χ3n) is 4.92. The van der Waals surface area contributed by atoms with E-state index in [1.54, 1.807) is 0 Å². The molecule has 2 heterocycles. The van der Waals surface area contributed by atoms with Crippen LogP contribution in [0.3, 0.4) is 0 Å². The van der Waals surface area contributed by atoms with E-state index >= 15 is 0 Å². The van der Waals surface area contributed by atoms with Gasteiger partial charge in [-0.15, -0.1) is 10.2 Å². The molecule has 0 radical (unpaired) electrons. The standard InChI is InChI=1S/C21H31N5O2S/c1-14(2)13-26-20(25-9-11-28-12-10-25)23-24-21(26)29-17(5)19(27)22-18-15(3)7-6-8-16(18)4/h6-8,14,17H,9-13H2,1-5H3,(H,22,27)/t17-/m0/s1. The Balaban J connectivity index is 1.76. The number of nitrogens with one attached hydrogen (secondary N) is 1. The van der Waals surface area contributed by atoms with Gasteiger partial charge in [-0.25, -0.2) is 0 Å². The summed E-state index contributed by atoms with van der Waals surface area (Å²) < 4.78 is 7.61. The van der Waals surface area contributed by atoms with Gasteiger partial charge in [-0.3, -0.25) is 9.36 Å². The average Bonchev–Trinajstić information content (AvgIpc) is 3.07. The highest BCUT2D eigenvalue weighted by Gasteiger charge is 2.24. The molecule has 158 valence electrons. The number of ether oxygens (including phenoxy) is 1. The highest BCUT2D eigenvalue weighted by Crippen LogP contribution is 2.28. The second kappa shape index (κ2) is 9.63. The summed E-state index contributed by atoms with van der Waals surface area (Å²) in [6.45, 7) is 14.1. The van der Waals surface area contributed by atoms with E-state index in [4.69, 9.17) is 4.74 Å². The number of hydrogen-bond donors (Lipinski definition) is 1. The van der Waals surface area contributed by atoms with Crippen LogP contribution < -0.4 is 10.2 Å². The van der Waals surface area contributed by atoms with E-state index in [0.29, 0.717) is 19.1 Å². The number of carbonyl (C=O) groups is 1. The monoisotopic (exact) mass is 417 g/mol. The molecule has 0 aliphatic carbocycles. The van der Waals surface area contributed by atoms with E-state index in [-0.39, 0.29) is 11.2 Å². The quantitative estimate of drug-likeness (QED) is 0.695. The lowest BCUT2D eigenvalue weighted by atomic mass is 10.1. The zero-order chi connectivity index (χ0) is 21.0. The fourth-order valence-corrected chi connectivity index (χ4v) is 4.19. The normalized spacial score (nSPS) is 15.6. The van der Waals surface area contributed by atoms with Crippen molar-refractivity contribution in [2.75, 3.05) is 36.5 Å². The molecule has 2 aromatic rings. The first-order chi connectivity index (χ1) is 13.9. The molecule has 1 amide bonds. The van der Waals surface area contributed by atoms with Crippen molar-refractivity contribution in [3.05, 3.63) is 29.3 Å². The lowest BCUT2D eigenvalue weighted by molar-refractivity contribution is -0.115. The van der Waals surface area contributed by atoms with Crippen molar-refractivity contribution in [1.82, 2.24) is 14.8 Å². The second-order valence-corrected chi connectivity index (χ2v) is 9.21. The number of aromatic nitrogens is 3. The van der Waals surface area contributed by atoms with Gasteiger partial charge in [0.1, 0.15) is 0 Å². The maximum atomic E-state index is 12.8. The summed E-state index contributed by atoms with van der Waals surface area (Å²) in [5.74, 6) is 1.29. The summed E-state index contributed by atoms with van der Waals surface area (Å²) in [6.07, 6.45) is 0. The van der Waals surface area contributed by atoms with Crippen LogP contribution in [0.25, 0.3) is 0 Å². The van der Waals surface area contributed by atoms with Crippen LogP contribution >= 0.6 is 11.8 Å². The van der Waals surface area contributed by atoms with Gasteiger partial charge in [0.05, 0.1) is 18.5 Å². The number of thioether (sulfide) groups is 1. The number of carbonyl (C=O) groups excluding carboxylic acids is 1. The van der Waals surface area contributed by atoms with Crippen molar-refractivity contribution in [3.63, 3.8) is 0 Å². The van der Waals surface area contributed by atoms with Gasteiger partial charge in [-0.05, 0) is 37.8 Å². The van der Waals surface area contributed by atoms with E-state index < -0.39 is 0 Å². The Morgan fingerprint density at radius 1 is 1.17 bits per heavy atom.